The van der Waals surface area contributed by atoms with Gasteiger partial charge in [0, 0.05) is 5.56 Å². The summed E-state index contributed by atoms with van der Waals surface area (Å²) in [5.41, 5.74) is 1.10. The van der Waals surface area contributed by atoms with Crippen molar-refractivity contribution in [1.82, 2.24) is 0 Å². The molecule has 0 amide bonds. The van der Waals surface area contributed by atoms with Crippen molar-refractivity contribution in [3.63, 3.8) is 0 Å². The predicted octanol–water partition coefficient (Wildman–Crippen LogP) is -1.00. The number of para-hydroxylation sites is 1. The van der Waals surface area contributed by atoms with Crippen molar-refractivity contribution in [3.05, 3.63) is 29.8 Å². The van der Waals surface area contributed by atoms with E-state index in [1.54, 1.807) is 24.3 Å². The van der Waals surface area contributed by atoms with Crippen LogP contribution in [0.2, 0.25) is 0 Å². The van der Waals surface area contributed by atoms with Gasteiger partial charge in [0.2, 0.25) is 5.06 Å². The van der Waals surface area contributed by atoms with E-state index >= 15 is 0 Å². The highest BCUT2D eigenvalue weighted by atomic mass is 35.5. The first-order valence-electron chi connectivity index (χ1n) is 6.77. The molecular formula is C14H16ClNO6. The molecule has 1 heterocycles. The zero-order valence-electron chi connectivity index (χ0n) is 11.3. The molecule has 22 heavy (non-hydrogen) atoms. The highest BCUT2D eigenvalue weighted by Crippen LogP contribution is 2.43. The van der Waals surface area contributed by atoms with E-state index in [-0.39, 0.29) is 0 Å². The van der Waals surface area contributed by atoms with Gasteiger partial charge in [-0.1, -0.05) is 29.8 Å². The number of nitrogens with zero attached hydrogens (tertiary/aromatic N) is 1. The summed E-state index contributed by atoms with van der Waals surface area (Å²) in [5, 5.41) is 47.5. The molecule has 2 aliphatic rings. The molecule has 120 valence electrons. The number of fused-ring (bicyclic) bond motifs is 1. The van der Waals surface area contributed by atoms with Gasteiger partial charge in [0.15, 0.2) is 0 Å². The molecular weight excluding hydrogens is 314 g/mol. The number of aliphatic hydroxyl groups is 5. The number of hydrogen-bond acceptors (Lipinski definition) is 7. The van der Waals surface area contributed by atoms with Gasteiger partial charge in [-0.2, -0.15) is 0 Å². The summed E-state index contributed by atoms with van der Waals surface area (Å²) in [4.78, 5) is 4.10. The number of hydrogen-bond donors (Lipinski definition) is 5. The maximum Gasteiger partial charge on any atom is 0.205 e. The maximum absolute atomic E-state index is 10.0. The van der Waals surface area contributed by atoms with Crippen LogP contribution in [0.4, 0.5) is 5.69 Å². The highest BCUT2D eigenvalue weighted by molar-refractivity contribution is 6.32. The van der Waals surface area contributed by atoms with Gasteiger partial charge in [-0.15, -0.1) is 0 Å². The molecule has 0 radical (unpaired) electrons. The molecule has 1 saturated carbocycles. The molecule has 0 spiro atoms. The smallest absolute Gasteiger partial charge is 0.205 e. The average Bonchev–Trinajstić information content (AvgIpc) is 2.86. The Hall–Kier alpha value is -1.06. The van der Waals surface area contributed by atoms with Crippen LogP contribution in [0.1, 0.15) is 5.56 Å². The Morgan fingerprint density at radius 2 is 1.45 bits per heavy atom. The fourth-order valence-corrected chi connectivity index (χ4v) is 3.04. The van der Waals surface area contributed by atoms with Crippen molar-refractivity contribution in [2.75, 3.05) is 0 Å². The lowest BCUT2D eigenvalue weighted by Gasteiger charge is -2.43. The zero-order valence-corrected chi connectivity index (χ0v) is 12.1. The lowest BCUT2D eigenvalue weighted by atomic mass is 9.84. The van der Waals surface area contributed by atoms with Crippen LogP contribution in [-0.2, 0) is 9.80 Å². The Morgan fingerprint density at radius 1 is 0.909 bits per heavy atom. The molecule has 1 aromatic rings. The van der Waals surface area contributed by atoms with E-state index in [9.17, 15) is 25.5 Å². The van der Waals surface area contributed by atoms with Crippen LogP contribution >= 0.6 is 11.6 Å². The molecule has 0 aromatic heterocycles. The molecule has 7 nitrogen and oxygen atoms in total. The maximum atomic E-state index is 10.0. The number of ether oxygens (including phenoxy) is 1. The van der Waals surface area contributed by atoms with Crippen LogP contribution in [0, 0.1) is 0 Å². The monoisotopic (exact) mass is 329 g/mol. The average molecular weight is 330 g/mol. The van der Waals surface area contributed by atoms with Crippen molar-refractivity contribution in [3.8, 4) is 0 Å². The first-order valence-corrected chi connectivity index (χ1v) is 7.15. The van der Waals surface area contributed by atoms with E-state index in [1.807, 2.05) is 0 Å². The molecule has 5 N–H and O–H groups in total. The molecule has 0 saturated heterocycles. The lowest BCUT2D eigenvalue weighted by molar-refractivity contribution is -0.244. The van der Waals surface area contributed by atoms with Gasteiger partial charge < -0.3 is 30.3 Å². The molecule has 1 aliphatic heterocycles. The fourth-order valence-electron chi connectivity index (χ4n) is 2.72. The topological polar surface area (TPSA) is 123 Å². The van der Waals surface area contributed by atoms with Crippen LogP contribution in [0.25, 0.3) is 0 Å². The second-order valence-corrected chi connectivity index (χ2v) is 6.02. The minimum absolute atomic E-state index is 0.520. The van der Waals surface area contributed by atoms with E-state index in [4.69, 9.17) is 16.3 Å². The van der Waals surface area contributed by atoms with E-state index in [2.05, 4.69) is 4.99 Å². The van der Waals surface area contributed by atoms with Gasteiger partial charge in [0.25, 0.3) is 0 Å². The molecule has 8 heteroatoms. The fraction of sp³-hybridized carbons (Fsp3) is 0.500. The quantitative estimate of drug-likeness (QED) is 0.443. The van der Waals surface area contributed by atoms with Crippen LogP contribution in [0.15, 0.2) is 29.3 Å². The van der Waals surface area contributed by atoms with Crippen molar-refractivity contribution in [2.24, 2.45) is 4.99 Å². The number of halogens is 1. The minimum atomic E-state index is -1.68. The predicted molar refractivity (Wildman–Crippen MR) is 77.0 cm³/mol. The van der Waals surface area contributed by atoms with E-state index in [1.165, 1.54) is 6.21 Å². The van der Waals surface area contributed by atoms with Gasteiger partial charge >= 0.3 is 0 Å². The lowest BCUT2D eigenvalue weighted by Crippen LogP contribution is -2.65. The Labute approximate surface area is 131 Å². The molecule has 1 aliphatic carbocycles. The third-order valence-corrected chi connectivity index (χ3v) is 4.41. The number of benzene rings is 1. The third kappa shape index (κ3) is 2.35. The van der Waals surface area contributed by atoms with Crippen LogP contribution < -0.4 is 0 Å². The molecule has 1 fully saturated rings. The number of aliphatic imine (C=N–C) groups is 1. The van der Waals surface area contributed by atoms with Gasteiger partial charge in [0.05, 0.1) is 11.9 Å². The molecule has 0 bridgehead atoms. The Bertz CT molecular complexity index is 582. The SMILES string of the molecule is OC1[C@@H](O)[C@H](O)C(OC2(Cl)C=Nc3ccccc32)[C@@H](O)[C@H]1O. The normalized spacial score (nSPS) is 44.1. The van der Waals surface area contributed by atoms with Crippen molar-refractivity contribution < 1.29 is 30.3 Å². The van der Waals surface area contributed by atoms with Gasteiger partial charge in [-0.3, -0.25) is 4.99 Å². The summed E-state index contributed by atoms with van der Waals surface area (Å²) in [5.74, 6) is 0. The molecule has 3 rings (SSSR count). The van der Waals surface area contributed by atoms with E-state index in [0.717, 1.165) is 0 Å². The first-order chi connectivity index (χ1) is 10.3. The van der Waals surface area contributed by atoms with Gasteiger partial charge in [0.1, 0.15) is 36.6 Å². The standard InChI is InChI=1S/C14H16ClNO6/c15-14(5-16-7-4-2-1-3-6(7)14)22-13-11(20)9(18)8(17)10(19)12(13)21/h1-5,8-13,17-21H/t8?,9-,10+,11-,12-,13?,14?/m0/s1. The summed E-state index contributed by atoms with van der Waals surface area (Å²) < 4.78 is 5.56. The summed E-state index contributed by atoms with van der Waals surface area (Å²) in [7, 11) is 0. The van der Waals surface area contributed by atoms with Crippen LogP contribution in [0.5, 0.6) is 0 Å². The van der Waals surface area contributed by atoms with E-state index in [0.29, 0.717) is 11.3 Å². The number of rotatable bonds is 2. The van der Waals surface area contributed by atoms with Crippen molar-refractivity contribution >= 4 is 23.5 Å². The second-order valence-electron chi connectivity index (χ2n) is 5.46. The second kappa shape index (κ2) is 5.54. The molecule has 7 atom stereocenters. The number of alkyl halides is 1. The van der Waals surface area contributed by atoms with Crippen molar-refractivity contribution in [2.45, 2.75) is 41.7 Å². The van der Waals surface area contributed by atoms with Crippen molar-refractivity contribution in [1.29, 1.82) is 0 Å². The highest BCUT2D eigenvalue weighted by Gasteiger charge is 2.52. The Morgan fingerprint density at radius 3 is 2.09 bits per heavy atom. The summed E-state index contributed by atoms with van der Waals surface area (Å²) in [6, 6.07) is 6.90. The molecule has 3 unspecified atom stereocenters. The summed E-state index contributed by atoms with van der Waals surface area (Å²) >= 11 is 6.38. The Balaban J connectivity index is 1.88. The van der Waals surface area contributed by atoms with Crippen LogP contribution in [-0.4, -0.2) is 68.4 Å². The summed E-state index contributed by atoms with van der Waals surface area (Å²) in [6.45, 7) is 0. The largest absolute Gasteiger partial charge is 0.387 e. The zero-order chi connectivity index (χ0) is 16.1. The van der Waals surface area contributed by atoms with Gasteiger partial charge in [-0.25, -0.2) is 0 Å². The van der Waals surface area contributed by atoms with Gasteiger partial charge in [-0.05, 0) is 6.07 Å². The third-order valence-electron chi connectivity index (χ3n) is 4.02. The Kier molecular flexibility index (Phi) is 3.98. The minimum Gasteiger partial charge on any atom is -0.387 e. The van der Waals surface area contributed by atoms with Crippen LogP contribution in [0.3, 0.4) is 0 Å². The van der Waals surface area contributed by atoms with E-state index < -0.39 is 41.7 Å². The first kappa shape index (κ1) is 15.8. The number of aliphatic hydroxyl groups excluding tert-OH is 5. The molecule has 1 aromatic carbocycles. The summed E-state index contributed by atoms with van der Waals surface area (Å²) in [6.07, 6.45) is -8.35.